The highest BCUT2D eigenvalue weighted by Gasteiger charge is 2.49. The molecule has 3 aromatic carbocycles. The lowest BCUT2D eigenvalue weighted by molar-refractivity contribution is -0.167. The van der Waals surface area contributed by atoms with Crippen LogP contribution in [0.4, 0.5) is 10.5 Å². The Hall–Kier alpha value is -3.71. The van der Waals surface area contributed by atoms with Crippen LogP contribution in [0, 0.1) is 0 Å². The van der Waals surface area contributed by atoms with Crippen molar-refractivity contribution in [1.82, 2.24) is 5.32 Å². The second kappa shape index (κ2) is 12.0. The number of halogens is 1. The van der Waals surface area contributed by atoms with E-state index in [2.05, 4.69) is 5.32 Å². The molecule has 0 bridgehead atoms. The Morgan fingerprint density at radius 2 is 1.77 bits per heavy atom. The minimum absolute atomic E-state index is 0.277. The van der Waals surface area contributed by atoms with Gasteiger partial charge in [-0.1, -0.05) is 54.9 Å². The maximum Gasteiger partial charge on any atom is 0.407 e. The quantitative estimate of drug-likeness (QED) is 0.293. The summed E-state index contributed by atoms with van der Waals surface area (Å²) in [5.74, 6) is -0.676. The third-order valence-electron chi connectivity index (χ3n) is 6.21. The number of carbonyl (C=O) groups is 2. The summed E-state index contributed by atoms with van der Waals surface area (Å²) < 4.78 is 17.8. The topological polar surface area (TPSA) is 77.1 Å². The summed E-state index contributed by atoms with van der Waals surface area (Å²) in [4.78, 5) is 27.4. The Bertz CT molecular complexity index is 1300. The van der Waals surface area contributed by atoms with E-state index < -0.39 is 17.5 Å². The first-order valence-corrected chi connectivity index (χ1v) is 13.6. The van der Waals surface area contributed by atoms with E-state index >= 15 is 0 Å². The van der Waals surface area contributed by atoms with E-state index in [0.717, 1.165) is 24.0 Å². The van der Waals surface area contributed by atoms with E-state index in [4.69, 9.17) is 25.8 Å². The molecule has 0 aromatic heterocycles. The molecule has 1 atom stereocenters. The van der Waals surface area contributed by atoms with Crippen LogP contribution >= 0.6 is 11.6 Å². The molecule has 0 fully saturated rings. The largest absolute Gasteiger partial charge is 0.444 e. The molecule has 1 N–H and O–H groups in total. The summed E-state index contributed by atoms with van der Waals surface area (Å²) in [6, 6.07) is 22.5. The molecule has 7 nitrogen and oxygen atoms in total. The predicted octanol–water partition coefficient (Wildman–Crippen LogP) is 6.91. The van der Waals surface area contributed by atoms with E-state index in [1.807, 2.05) is 94.4 Å². The summed E-state index contributed by atoms with van der Waals surface area (Å²) in [7, 11) is 0. The zero-order chi connectivity index (χ0) is 28.0. The van der Waals surface area contributed by atoms with Gasteiger partial charge in [-0.25, -0.2) is 4.79 Å². The van der Waals surface area contributed by atoms with Crippen LogP contribution in [0.15, 0.2) is 72.8 Å². The zero-order valence-electron chi connectivity index (χ0n) is 22.8. The number of benzene rings is 3. The molecule has 0 spiro atoms. The lowest BCUT2D eigenvalue weighted by Gasteiger charge is -2.41. The monoisotopic (exact) mass is 550 g/mol. The normalized spacial score (nSPS) is 16.7. The number of nitrogens with zero attached hydrogens (tertiary/aromatic N) is 1. The molecule has 1 aliphatic rings. The SMILES string of the molecule is CCC1(Oc2ccc(CCCNC(=O)OC(C)(C)C)cc2)Oc2ccccc2N(Cc2cccc(Cl)c2)C1=O. The molecule has 1 unspecified atom stereocenters. The Morgan fingerprint density at radius 3 is 2.46 bits per heavy atom. The van der Waals surface area contributed by atoms with E-state index in [1.165, 1.54) is 0 Å². The van der Waals surface area contributed by atoms with E-state index in [0.29, 0.717) is 41.7 Å². The number of hydrogen-bond donors (Lipinski definition) is 1. The molecule has 3 aromatic rings. The number of para-hydroxylation sites is 2. The molecular formula is C31H35ClN2O5. The number of carbonyl (C=O) groups excluding carboxylic acids is 2. The first-order valence-electron chi connectivity index (χ1n) is 13.2. The molecule has 8 heteroatoms. The number of aryl methyl sites for hydroxylation is 1. The minimum atomic E-state index is -1.51. The fraction of sp³-hybridized carbons (Fsp3) is 0.355. The molecule has 206 valence electrons. The summed E-state index contributed by atoms with van der Waals surface area (Å²) in [5, 5.41) is 3.38. The summed E-state index contributed by atoms with van der Waals surface area (Å²) in [5.41, 5.74) is 2.16. The number of amides is 2. The molecule has 39 heavy (non-hydrogen) atoms. The van der Waals surface area contributed by atoms with Crippen molar-refractivity contribution in [2.75, 3.05) is 11.4 Å². The Kier molecular flexibility index (Phi) is 8.70. The van der Waals surface area contributed by atoms with E-state index in [9.17, 15) is 9.59 Å². The lowest BCUT2D eigenvalue weighted by atomic mass is 10.1. The van der Waals surface area contributed by atoms with Crippen molar-refractivity contribution in [3.8, 4) is 11.5 Å². The van der Waals surface area contributed by atoms with Crippen molar-refractivity contribution in [3.63, 3.8) is 0 Å². The van der Waals surface area contributed by atoms with Gasteiger partial charge in [0, 0.05) is 18.0 Å². The molecule has 0 saturated carbocycles. The van der Waals surface area contributed by atoms with Gasteiger partial charge in [-0.3, -0.25) is 9.69 Å². The maximum absolute atomic E-state index is 13.9. The molecular weight excluding hydrogens is 516 g/mol. The van der Waals surface area contributed by atoms with Crippen molar-refractivity contribution in [2.45, 2.75) is 64.9 Å². The standard InChI is InChI=1S/C31H35ClN2O5/c1-5-31(37-25-17-15-22(16-18-25)11-9-19-33-29(36)39-30(2,3)4)28(35)34(21-23-10-8-12-24(32)20-23)26-13-6-7-14-27(26)38-31/h6-8,10,12-18,20H,5,9,11,19,21H2,1-4H3,(H,33,36). The van der Waals surface area contributed by atoms with Gasteiger partial charge in [-0.05, 0) is 81.1 Å². The van der Waals surface area contributed by atoms with Gasteiger partial charge in [0.05, 0.1) is 12.2 Å². The molecule has 0 radical (unpaired) electrons. The number of nitrogens with one attached hydrogen (secondary N) is 1. The zero-order valence-corrected chi connectivity index (χ0v) is 23.6. The molecule has 4 rings (SSSR count). The minimum Gasteiger partial charge on any atom is -0.444 e. The van der Waals surface area contributed by atoms with Crippen LogP contribution in [-0.4, -0.2) is 29.9 Å². The van der Waals surface area contributed by atoms with Gasteiger partial charge in [0.1, 0.15) is 17.1 Å². The van der Waals surface area contributed by atoms with Gasteiger partial charge in [0.25, 0.3) is 0 Å². The highest BCUT2D eigenvalue weighted by Crippen LogP contribution is 2.41. The number of rotatable bonds is 9. The van der Waals surface area contributed by atoms with Crippen LogP contribution in [0.3, 0.4) is 0 Å². The first kappa shape index (κ1) is 28.3. The average Bonchev–Trinajstić information content (AvgIpc) is 2.89. The fourth-order valence-electron chi connectivity index (χ4n) is 4.35. The second-order valence-corrected chi connectivity index (χ2v) is 10.9. The van der Waals surface area contributed by atoms with E-state index in [1.54, 1.807) is 11.0 Å². The number of fused-ring (bicyclic) bond motifs is 1. The van der Waals surface area contributed by atoms with Crippen LogP contribution in [0.5, 0.6) is 11.5 Å². The van der Waals surface area contributed by atoms with Crippen LogP contribution in [-0.2, 0) is 22.5 Å². The fourth-order valence-corrected chi connectivity index (χ4v) is 4.56. The van der Waals surface area contributed by atoms with Gasteiger partial charge >= 0.3 is 17.8 Å². The number of ether oxygens (including phenoxy) is 3. The number of hydrogen-bond acceptors (Lipinski definition) is 5. The van der Waals surface area contributed by atoms with Gasteiger partial charge in [-0.15, -0.1) is 0 Å². The number of anilines is 1. The maximum atomic E-state index is 13.9. The number of alkyl carbamates (subject to hydrolysis) is 1. The molecule has 1 heterocycles. The van der Waals surface area contributed by atoms with Crippen molar-refractivity contribution in [3.05, 3.63) is 88.9 Å². The summed E-state index contributed by atoms with van der Waals surface area (Å²) >= 11 is 6.20. The van der Waals surface area contributed by atoms with Crippen LogP contribution in [0.2, 0.25) is 5.02 Å². The van der Waals surface area contributed by atoms with Crippen molar-refractivity contribution in [2.24, 2.45) is 0 Å². The predicted molar refractivity (Wildman–Crippen MR) is 152 cm³/mol. The van der Waals surface area contributed by atoms with Gasteiger partial charge in [-0.2, -0.15) is 0 Å². The smallest absolute Gasteiger partial charge is 0.407 e. The van der Waals surface area contributed by atoms with Crippen molar-refractivity contribution < 1.29 is 23.8 Å². The van der Waals surface area contributed by atoms with Crippen LogP contribution in [0.1, 0.15) is 51.7 Å². The van der Waals surface area contributed by atoms with Gasteiger partial charge in [0.2, 0.25) is 0 Å². The highest BCUT2D eigenvalue weighted by atomic mass is 35.5. The van der Waals surface area contributed by atoms with Crippen molar-refractivity contribution >= 4 is 29.3 Å². The first-order chi connectivity index (χ1) is 18.6. The average molecular weight is 551 g/mol. The molecule has 1 aliphatic heterocycles. The van der Waals surface area contributed by atoms with Gasteiger partial charge < -0.3 is 19.5 Å². The summed E-state index contributed by atoms with van der Waals surface area (Å²) in [6.07, 6.45) is 1.42. The van der Waals surface area contributed by atoms with Crippen LogP contribution < -0.4 is 19.7 Å². The third-order valence-corrected chi connectivity index (χ3v) is 6.45. The van der Waals surface area contributed by atoms with E-state index in [-0.39, 0.29) is 5.91 Å². The summed E-state index contributed by atoms with van der Waals surface area (Å²) in [6.45, 7) is 8.22. The van der Waals surface area contributed by atoms with Crippen LogP contribution in [0.25, 0.3) is 0 Å². The third kappa shape index (κ3) is 7.24. The molecule has 2 amide bonds. The Morgan fingerprint density at radius 1 is 1.03 bits per heavy atom. The second-order valence-electron chi connectivity index (χ2n) is 10.5. The Balaban J connectivity index is 1.44. The van der Waals surface area contributed by atoms with Gasteiger partial charge in [0.15, 0.2) is 0 Å². The van der Waals surface area contributed by atoms with Crippen molar-refractivity contribution in [1.29, 1.82) is 0 Å². The lowest BCUT2D eigenvalue weighted by Crippen LogP contribution is -2.59. The Labute approximate surface area is 235 Å². The molecule has 0 aliphatic carbocycles. The molecule has 0 saturated heterocycles. The highest BCUT2D eigenvalue weighted by molar-refractivity contribution is 6.30.